The van der Waals surface area contributed by atoms with Crippen LogP contribution in [0, 0.1) is 0 Å². The molecule has 0 aliphatic carbocycles. The molecule has 0 saturated carbocycles. The maximum absolute atomic E-state index is 3.71. The third-order valence-corrected chi connectivity index (χ3v) is 7.89. The van der Waals surface area contributed by atoms with Gasteiger partial charge in [-0.05, 0) is 76.1 Å². The molecule has 200 valence electrons. The highest BCUT2D eigenvalue weighted by Gasteiger charge is 2.21. The van der Waals surface area contributed by atoms with Crippen molar-refractivity contribution < 1.29 is 0 Å². The average Bonchev–Trinajstić information content (AvgIpc) is 3.26. The highest BCUT2D eigenvalue weighted by Crippen LogP contribution is 2.38. The lowest BCUT2D eigenvalue weighted by molar-refractivity contribution is 0.590. The second kappa shape index (κ2) is 9.71. The fourth-order valence-electron chi connectivity index (χ4n) is 5.57. The zero-order valence-corrected chi connectivity index (χ0v) is 24.4. The predicted octanol–water partition coefficient (Wildman–Crippen LogP) is 10.8. The first-order valence-electron chi connectivity index (χ1n) is 14.2. The monoisotopic (exact) mass is 522 g/mol. The number of para-hydroxylation sites is 1. The summed E-state index contributed by atoms with van der Waals surface area (Å²) in [7, 11) is 0. The quantitative estimate of drug-likeness (QED) is 0.244. The van der Waals surface area contributed by atoms with E-state index in [1.165, 1.54) is 44.1 Å². The molecule has 0 radical (unpaired) electrons. The Hall–Kier alpha value is -4.30. The van der Waals surface area contributed by atoms with E-state index in [0.29, 0.717) is 0 Å². The normalized spacial score (nSPS) is 12.2. The molecule has 0 aliphatic heterocycles. The predicted molar refractivity (Wildman–Crippen MR) is 173 cm³/mol. The second-order valence-electron chi connectivity index (χ2n) is 12.9. The van der Waals surface area contributed by atoms with Gasteiger partial charge in [-0.15, -0.1) is 0 Å². The van der Waals surface area contributed by atoms with E-state index in [1.54, 1.807) is 0 Å². The molecule has 5 aromatic carbocycles. The molecule has 0 spiro atoms. The van der Waals surface area contributed by atoms with Gasteiger partial charge in [0, 0.05) is 33.4 Å². The number of aromatic nitrogens is 1. The van der Waals surface area contributed by atoms with Crippen LogP contribution in [-0.2, 0) is 10.8 Å². The molecule has 6 rings (SSSR count). The number of nitrogens with zero attached hydrogens (tertiary/aromatic N) is 1. The molecule has 0 fully saturated rings. The molecule has 0 unspecified atom stereocenters. The SMILES string of the molecule is CC(C)(C)c1ccc2c(c1)c1cc(C(C)(C)C)ccc1n2-c1cccc(Nc2ccccc2-c2ccccc2)c1. The van der Waals surface area contributed by atoms with Gasteiger partial charge in [-0.1, -0.05) is 108 Å². The minimum absolute atomic E-state index is 0.0836. The standard InChI is InChI=1S/C38H38N2/c1-37(2,3)27-19-21-35-32(23-27)33-24-28(38(4,5)6)20-22-36(33)40(35)30-16-12-15-29(25-30)39-34-18-11-10-17-31(34)26-13-8-7-9-14-26/h7-25,39H,1-6H3. The van der Waals surface area contributed by atoms with Crippen LogP contribution in [0.2, 0.25) is 0 Å². The number of nitrogens with one attached hydrogen (secondary N) is 1. The number of fused-ring (bicyclic) bond motifs is 3. The van der Waals surface area contributed by atoms with Crippen LogP contribution in [-0.4, -0.2) is 4.57 Å². The summed E-state index contributed by atoms with van der Waals surface area (Å²) >= 11 is 0. The molecule has 1 aromatic heterocycles. The summed E-state index contributed by atoms with van der Waals surface area (Å²) in [6.07, 6.45) is 0. The third kappa shape index (κ3) is 4.79. The number of anilines is 2. The summed E-state index contributed by atoms with van der Waals surface area (Å²) in [6.45, 7) is 13.7. The van der Waals surface area contributed by atoms with Crippen LogP contribution in [0.1, 0.15) is 52.7 Å². The van der Waals surface area contributed by atoms with Crippen LogP contribution in [0.3, 0.4) is 0 Å². The smallest absolute Gasteiger partial charge is 0.0541 e. The van der Waals surface area contributed by atoms with Crippen molar-refractivity contribution in [3.05, 3.63) is 126 Å². The van der Waals surface area contributed by atoms with Crippen LogP contribution in [0.5, 0.6) is 0 Å². The summed E-state index contributed by atoms with van der Waals surface area (Å²) in [4.78, 5) is 0. The van der Waals surface area contributed by atoms with Gasteiger partial charge < -0.3 is 9.88 Å². The molecule has 0 amide bonds. The number of hydrogen-bond donors (Lipinski definition) is 1. The highest BCUT2D eigenvalue weighted by atomic mass is 15.0. The van der Waals surface area contributed by atoms with E-state index in [4.69, 9.17) is 0 Å². The average molecular weight is 523 g/mol. The molecule has 6 aromatic rings. The highest BCUT2D eigenvalue weighted by molar-refractivity contribution is 6.10. The topological polar surface area (TPSA) is 17.0 Å². The molecular weight excluding hydrogens is 484 g/mol. The van der Waals surface area contributed by atoms with Crippen LogP contribution in [0.4, 0.5) is 11.4 Å². The van der Waals surface area contributed by atoms with E-state index in [9.17, 15) is 0 Å². The molecule has 2 nitrogen and oxygen atoms in total. The van der Waals surface area contributed by atoms with Crippen molar-refractivity contribution in [3.63, 3.8) is 0 Å². The van der Waals surface area contributed by atoms with Gasteiger partial charge in [-0.3, -0.25) is 0 Å². The first-order valence-corrected chi connectivity index (χ1v) is 14.2. The summed E-state index contributed by atoms with van der Waals surface area (Å²) in [6, 6.07) is 41.8. The Morgan fingerprint density at radius 3 is 1.70 bits per heavy atom. The van der Waals surface area contributed by atoms with E-state index in [2.05, 4.69) is 167 Å². The van der Waals surface area contributed by atoms with Crippen LogP contribution in [0.15, 0.2) is 115 Å². The maximum atomic E-state index is 3.71. The van der Waals surface area contributed by atoms with Crippen molar-refractivity contribution in [2.75, 3.05) is 5.32 Å². The molecule has 2 heteroatoms. The van der Waals surface area contributed by atoms with E-state index < -0.39 is 0 Å². The van der Waals surface area contributed by atoms with Crippen molar-refractivity contribution in [1.82, 2.24) is 4.57 Å². The molecule has 0 bridgehead atoms. The summed E-state index contributed by atoms with van der Waals surface area (Å²) < 4.78 is 2.41. The number of hydrogen-bond acceptors (Lipinski definition) is 1. The van der Waals surface area contributed by atoms with Crippen molar-refractivity contribution in [1.29, 1.82) is 0 Å². The summed E-state index contributed by atoms with van der Waals surface area (Å²) in [5.74, 6) is 0. The van der Waals surface area contributed by atoms with E-state index >= 15 is 0 Å². The van der Waals surface area contributed by atoms with Gasteiger partial charge in [0.2, 0.25) is 0 Å². The van der Waals surface area contributed by atoms with Gasteiger partial charge in [-0.2, -0.15) is 0 Å². The van der Waals surface area contributed by atoms with Crippen LogP contribution < -0.4 is 5.32 Å². The van der Waals surface area contributed by atoms with Gasteiger partial charge in [-0.25, -0.2) is 0 Å². The van der Waals surface area contributed by atoms with Gasteiger partial charge in [0.15, 0.2) is 0 Å². The number of benzene rings is 5. The van der Waals surface area contributed by atoms with Gasteiger partial charge in [0.05, 0.1) is 11.0 Å². The zero-order chi connectivity index (χ0) is 28.1. The maximum Gasteiger partial charge on any atom is 0.0541 e. The Morgan fingerprint density at radius 2 is 1.10 bits per heavy atom. The minimum Gasteiger partial charge on any atom is -0.355 e. The lowest BCUT2D eigenvalue weighted by Crippen LogP contribution is -2.10. The van der Waals surface area contributed by atoms with E-state index in [-0.39, 0.29) is 10.8 Å². The van der Waals surface area contributed by atoms with E-state index in [1.807, 2.05) is 0 Å². The molecule has 40 heavy (non-hydrogen) atoms. The minimum atomic E-state index is 0.0836. The Morgan fingerprint density at radius 1 is 0.525 bits per heavy atom. The largest absolute Gasteiger partial charge is 0.355 e. The van der Waals surface area contributed by atoms with Crippen molar-refractivity contribution in [2.45, 2.75) is 52.4 Å². The molecule has 0 atom stereocenters. The zero-order valence-electron chi connectivity index (χ0n) is 24.4. The fraction of sp³-hybridized carbons (Fsp3) is 0.211. The number of rotatable bonds is 4. The lowest BCUT2D eigenvalue weighted by atomic mass is 9.85. The fourth-order valence-corrected chi connectivity index (χ4v) is 5.57. The Bertz CT molecular complexity index is 1750. The van der Waals surface area contributed by atoms with Crippen LogP contribution >= 0.6 is 0 Å². The molecule has 0 aliphatic rings. The Balaban J connectivity index is 1.50. The summed E-state index contributed by atoms with van der Waals surface area (Å²) in [5.41, 5.74) is 11.0. The summed E-state index contributed by atoms with van der Waals surface area (Å²) in [5, 5.41) is 6.33. The third-order valence-electron chi connectivity index (χ3n) is 7.89. The lowest BCUT2D eigenvalue weighted by Gasteiger charge is -2.19. The molecule has 1 N–H and O–H groups in total. The van der Waals surface area contributed by atoms with Crippen LogP contribution in [0.25, 0.3) is 38.6 Å². The van der Waals surface area contributed by atoms with Crippen molar-refractivity contribution in [3.8, 4) is 16.8 Å². The van der Waals surface area contributed by atoms with Crippen molar-refractivity contribution in [2.24, 2.45) is 0 Å². The van der Waals surface area contributed by atoms with E-state index in [0.717, 1.165) is 17.1 Å². The molecular formula is C38H38N2. The van der Waals surface area contributed by atoms with Crippen molar-refractivity contribution >= 4 is 33.2 Å². The Kier molecular flexibility index (Phi) is 6.30. The first-order chi connectivity index (χ1) is 19.1. The first kappa shape index (κ1) is 26.0. The Labute approximate surface area is 238 Å². The molecule has 1 heterocycles. The molecule has 0 saturated heterocycles. The van der Waals surface area contributed by atoms with Gasteiger partial charge in [0.1, 0.15) is 0 Å². The van der Waals surface area contributed by atoms with Gasteiger partial charge >= 0.3 is 0 Å². The van der Waals surface area contributed by atoms with Gasteiger partial charge in [0.25, 0.3) is 0 Å². The second-order valence-corrected chi connectivity index (χ2v) is 12.9.